The highest BCUT2D eigenvalue weighted by Crippen LogP contribution is 2.13. The summed E-state index contributed by atoms with van der Waals surface area (Å²) < 4.78 is 11.1. The molecule has 0 spiro atoms. The molecule has 0 bridgehead atoms. The number of allylic oxidation sites excluding steroid dienone is 2. The minimum absolute atomic E-state index is 0.0218. The molecule has 0 amide bonds. The molecule has 138 valence electrons. The van der Waals surface area contributed by atoms with Crippen LogP contribution in [-0.2, 0) is 9.47 Å². The molecule has 0 N–H and O–H groups in total. The highest BCUT2D eigenvalue weighted by atomic mass is 79.9. The van der Waals surface area contributed by atoms with Crippen molar-refractivity contribution in [2.45, 2.75) is 97.2 Å². The summed E-state index contributed by atoms with van der Waals surface area (Å²) in [4.78, 5) is 0. The molecule has 0 saturated carbocycles. The number of ether oxygens (including phenoxy) is 2. The Morgan fingerprint density at radius 2 is 1.17 bits per heavy atom. The molecule has 0 aliphatic carbocycles. The van der Waals surface area contributed by atoms with Gasteiger partial charge in [-0.2, -0.15) is 0 Å². The molecule has 2 nitrogen and oxygen atoms in total. The highest BCUT2D eigenvalue weighted by Gasteiger charge is 2.06. The second-order valence-corrected chi connectivity index (χ2v) is 6.84. The van der Waals surface area contributed by atoms with E-state index in [1.165, 1.54) is 64.2 Å². The van der Waals surface area contributed by atoms with Crippen LogP contribution >= 0.6 is 15.9 Å². The Bertz CT molecular complexity index is 238. The maximum absolute atomic E-state index is 5.57. The predicted molar refractivity (Wildman–Crippen MR) is 105 cm³/mol. The fourth-order valence-electron chi connectivity index (χ4n) is 2.70. The zero-order chi connectivity index (χ0) is 17.0. The van der Waals surface area contributed by atoms with Crippen LogP contribution in [0.5, 0.6) is 0 Å². The topological polar surface area (TPSA) is 18.5 Å². The van der Waals surface area contributed by atoms with Gasteiger partial charge in [-0.25, -0.2) is 0 Å². The van der Waals surface area contributed by atoms with E-state index in [9.17, 15) is 0 Å². The Labute approximate surface area is 153 Å². The fraction of sp³-hybridized carbons (Fsp3) is 0.900. The molecule has 0 saturated heterocycles. The minimum Gasteiger partial charge on any atom is -0.353 e. The molecular formula is C20H39BrO2. The van der Waals surface area contributed by atoms with Crippen LogP contribution in [0.25, 0.3) is 0 Å². The first-order valence-electron chi connectivity index (χ1n) is 9.79. The SMILES string of the molecule is CCOC(CCCCCCCCCCC/C=C\CCBr)OCC. The molecule has 0 aromatic heterocycles. The van der Waals surface area contributed by atoms with E-state index in [4.69, 9.17) is 9.47 Å². The molecule has 0 heterocycles. The summed E-state index contributed by atoms with van der Waals surface area (Å²) in [5.74, 6) is 0. The van der Waals surface area contributed by atoms with Crippen molar-refractivity contribution in [1.29, 1.82) is 0 Å². The van der Waals surface area contributed by atoms with Gasteiger partial charge in [0.2, 0.25) is 0 Å². The van der Waals surface area contributed by atoms with E-state index in [0.717, 1.165) is 31.4 Å². The molecule has 0 aromatic rings. The summed E-state index contributed by atoms with van der Waals surface area (Å²) >= 11 is 3.44. The van der Waals surface area contributed by atoms with Crippen LogP contribution in [0.15, 0.2) is 12.2 Å². The molecule has 0 rings (SSSR count). The predicted octanol–water partition coefficient (Wildman–Crippen LogP) is 7.02. The van der Waals surface area contributed by atoms with Gasteiger partial charge in [-0.05, 0) is 46.0 Å². The van der Waals surface area contributed by atoms with Crippen LogP contribution in [0, 0.1) is 0 Å². The molecule has 0 fully saturated rings. The van der Waals surface area contributed by atoms with Gasteiger partial charge < -0.3 is 9.47 Å². The molecule has 0 aliphatic heterocycles. The Morgan fingerprint density at radius 3 is 1.70 bits per heavy atom. The summed E-state index contributed by atoms with van der Waals surface area (Å²) in [5.41, 5.74) is 0. The Kier molecular flexibility index (Phi) is 20.3. The van der Waals surface area contributed by atoms with Crippen molar-refractivity contribution in [2.75, 3.05) is 18.5 Å². The lowest BCUT2D eigenvalue weighted by Gasteiger charge is -2.16. The van der Waals surface area contributed by atoms with Crippen LogP contribution in [-0.4, -0.2) is 24.8 Å². The van der Waals surface area contributed by atoms with Gasteiger partial charge in [0.1, 0.15) is 0 Å². The van der Waals surface area contributed by atoms with E-state index in [-0.39, 0.29) is 6.29 Å². The summed E-state index contributed by atoms with van der Waals surface area (Å²) in [6.45, 7) is 5.56. The van der Waals surface area contributed by atoms with Crippen molar-refractivity contribution in [3.05, 3.63) is 12.2 Å². The Balaban J connectivity index is 3.21. The van der Waals surface area contributed by atoms with Crippen molar-refractivity contribution >= 4 is 15.9 Å². The normalized spacial score (nSPS) is 11.8. The average molecular weight is 391 g/mol. The first kappa shape index (κ1) is 23.1. The number of alkyl halides is 1. The monoisotopic (exact) mass is 390 g/mol. The number of rotatable bonds is 18. The lowest BCUT2D eigenvalue weighted by molar-refractivity contribution is -0.140. The first-order valence-corrected chi connectivity index (χ1v) is 10.9. The molecule has 3 heteroatoms. The average Bonchev–Trinajstić information content (AvgIpc) is 2.55. The molecule has 0 unspecified atom stereocenters. The van der Waals surface area contributed by atoms with Crippen LogP contribution in [0.1, 0.15) is 90.9 Å². The van der Waals surface area contributed by atoms with Gasteiger partial charge in [0.15, 0.2) is 6.29 Å². The summed E-state index contributed by atoms with van der Waals surface area (Å²) in [6, 6.07) is 0. The van der Waals surface area contributed by atoms with Crippen molar-refractivity contribution in [2.24, 2.45) is 0 Å². The van der Waals surface area contributed by atoms with Gasteiger partial charge in [0, 0.05) is 18.5 Å². The zero-order valence-electron chi connectivity index (χ0n) is 15.5. The Morgan fingerprint density at radius 1 is 0.696 bits per heavy atom. The van der Waals surface area contributed by atoms with Crippen molar-refractivity contribution in [3.8, 4) is 0 Å². The van der Waals surface area contributed by atoms with Gasteiger partial charge in [-0.1, -0.05) is 73.0 Å². The van der Waals surface area contributed by atoms with Crippen LogP contribution in [0.4, 0.5) is 0 Å². The zero-order valence-corrected chi connectivity index (χ0v) is 17.1. The maximum atomic E-state index is 5.57. The van der Waals surface area contributed by atoms with E-state index in [1.807, 2.05) is 13.8 Å². The molecule has 0 aromatic carbocycles. The highest BCUT2D eigenvalue weighted by molar-refractivity contribution is 9.09. The number of halogens is 1. The maximum Gasteiger partial charge on any atom is 0.157 e. The van der Waals surface area contributed by atoms with Crippen molar-refractivity contribution < 1.29 is 9.47 Å². The third kappa shape index (κ3) is 18.3. The first-order chi connectivity index (χ1) is 11.3. The van der Waals surface area contributed by atoms with Gasteiger partial charge in [0.05, 0.1) is 0 Å². The lowest BCUT2D eigenvalue weighted by Crippen LogP contribution is -2.17. The van der Waals surface area contributed by atoms with Crippen molar-refractivity contribution in [3.63, 3.8) is 0 Å². The summed E-state index contributed by atoms with van der Waals surface area (Å²) in [7, 11) is 0. The van der Waals surface area contributed by atoms with Gasteiger partial charge >= 0.3 is 0 Å². The second-order valence-electron chi connectivity index (χ2n) is 6.05. The van der Waals surface area contributed by atoms with Gasteiger partial charge in [-0.3, -0.25) is 0 Å². The lowest BCUT2D eigenvalue weighted by atomic mass is 10.1. The summed E-state index contributed by atoms with van der Waals surface area (Å²) in [5, 5.41) is 1.08. The summed E-state index contributed by atoms with van der Waals surface area (Å²) in [6.07, 6.45) is 20.4. The number of hydrogen-bond donors (Lipinski definition) is 0. The van der Waals surface area contributed by atoms with Crippen molar-refractivity contribution in [1.82, 2.24) is 0 Å². The quantitative estimate of drug-likeness (QED) is 0.108. The van der Waals surface area contributed by atoms with E-state index in [0.29, 0.717) is 0 Å². The molecule has 0 aliphatic rings. The van der Waals surface area contributed by atoms with Crippen LogP contribution in [0.2, 0.25) is 0 Å². The molecule has 0 atom stereocenters. The second kappa shape index (κ2) is 20.2. The van der Waals surface area contributed by atoms with Gasteiger partial charge in [-0.15, -0.1) is 0 Å². The van der Waals surface area contributed by atoms with Crippen LogP contribution in [0.3, 0.4) is 0 Å². The van der Waals surface area contributed by atoms with E-state index >= 15 is 0 Å². The third-order valence-corrected chi connectivity index (χ3v) is 4.42. The third-order valence-electron chi connectivity index (χ3n) is 3.96. The van der Waals surface area contributed by atoms with Gasteiger partial charge in [0.25, 0.3) is 0 Å². The molecular weight excluding hydrogens is 352 g/mol. The molecule has 23 heavy (non-hydrogen) atoms. The largest absolute Gasteiger partial charge is 0.353 e. The van der Waals surface area contributed by atoms with Crippen LogP contribution < -0.4 is 0 Å². The van der Waals surface area contributed by atoms with E-state index < -0.39 is 0 Å². The van der Waals surface area contributed by atoms with E-state index in [1.54, 1.807) is 0 Å². The minimum atomic E-state index is 0.0218. The Hall–Kier alpha value is 0.140. The fourth-order valence-corrected chi connectivity index (χ4v) is 2.96. The smallest absolute Gasteiger partial charge is 0.157 e. The number of hydrogen-bond acceptors (Lipinski definition) is 2. The van der Waals surface area contributed by atoms with E-state index in [2.05, 4.69) is 28.1 Å². The number of unbranched alkanes of at least 4 members (excludes halogenated alkanes) is 9. The standard InChI is InChI=1S/C20H39BrO2/c1-3-22-20(23-4-2)18-16-14-12-10-8-6-5-7-9-11-13-15-17-19-21/h13,15,20H,3-12,14,16-19H2,1-2H3/b15-13-. The molecule has 0 radical (unpaired) electrons.